The number of hydrogen-bond donors (Lipinski definition) is 2. The lowest BCUT2D eigenvalue weighted by atomic mass is 9.99. The van der Waals surface area contributed by atoms with Crippen LogP contribution >= 0.6 is 0 Å². The number of hydrogen-bond acceptors (Lipinski definition) is 5. The number of aromatic amines is 1. The first-order chi connectivity index (χ1) is 11.2. The van der Waals surface area contributed by atoms with Crippen molar-refractivity contribution in [1.82, 2.24) is 9.29 Å². The van der Waals surface area contributed by atoms with E-state index in [0.29, 0.717) is 11.4 Å². The molecule has 1 aliphatic heterocycles. The largest absolute Gasteiger partial charge is 0.481 e. The summed E-state index contributed by atoms with van der Waals surface area (Å²) in [6.45, 7) is 5.24. The van der Waals surface area contributed by atoms with Gasteiger partial charge in [-0.05, 0) is 33.6 Å². The van der Waals surface area contributed by atoms with E-state index in [9.17, 15) is 18.0 Å². The smallest absolute Gasteiger partial charge is 0.341 e. The zero-order valence-corrected chi connectivity index (χ0v) is 14.8. The van der Waals surface area contributed by atoms with Gasteiger partial charge in [-0.25, -0.2) is 13.2 Å². The summed E-state index contributed by atoms with van der Waals surface area (Å²) in [6, 6.07) is 0. The molecule has 0 amide bonds. The SMILES string of the molecule is CCOC(=O)c1c(C)[nH]c(C)c1S(=O)(=O)N1CCC(C(=O)O)CC1. The van der Waals surface area contributed by atoms with E-state index < -0.39 is 27.9 Å². The molecule has 2 N–H and O–H groups in total. The van der Waals surface area contributed by atoms with Gasteiger partial charge in [0.25, 0.3) is 0 Å². The molecule has 0 radical (unpaired) electrons. The number of aromatic nitrogens is 1. The second-order valence-electron chi connectivity index (χ2n) is 5.82. The van der Waals surface area contributed by atoms with E-state index in [4.69, 9.17) is 9.84 Å². The second kappa shape index (κ2) is 6.94. The maximum atomic E-state index is 13.0. The normalized spacial score (nSPS) is 17.0. The topological polar surface area (TPSA) is 117 Å². The monoisotopic (exact) mass is 358 g/mol. The fraction of sp³-hybridized carbons (Fsp3) is 0.600. The Kier molecular flexibility index (Phi) is 5.34. The molecular weight excluding hydrogens is 336 g/mol. The quantitative estimate of drug-likeness (QED) is 0.766. The van der Waals surface area contributed by atoms with E-state index in [1.165, 1.54) is 4.31 Å². The molecule has 24 heavy (non-hydrogen) atoms. The average Bonchev–Trinajstić information content (AvgIpc) is 2.82. The highest BCUT2D eigenvalue weighted by Crippen LogP contribution is 2.30. The van der Waals surface area contributed by atoms with Gasteiger partial charge >= 0.3 is 11.9 Å². The summed E-state index contributed by atoms with van der Waals surface area (Å²) in [4.78, 5) is 26.0. The van der Waals surface area contributed by atoms with Crippen LogP contribution in [0, 0.1) is 19.8 Å². The van der Waals surface area contributed by atoms with E-state index >= 15 is 0 Å². The van der Waals surface area contributed by atoms with Crippen LogP contribution < -0.4 is 0 Å². The van der Waals surface area contributed by atoms with Crippen molar-refractivity contribution in [3.63, 3.8) is 0 Å². The zero-order valence-electron chi connectivity index (χ0n) is 14.0. The first kappa shape index (κ1) is 18.5. The van der Waals surface area contributed by atoms with Gasteiger partial charge in [-0.3, -0.25) is 4.79 Å². The van der Waals surface area contributed by atoms with Crippen LogP contribution in [0.4, 0.5) is 0 Å². The molecule has 2 heterocycles. The summed E-state index contributed by atoms with van der Waals surface area (Å²) in [5.74, 6) is -2.12. The van der Waals surface area contributed by atoms with Crippen molar-refractivity contribution in [1.29, 1.82) is 0 Å². The summed E-state index contributed by atoms with van der Waals surface area (Å²) < 4.78 is 32.2. The fourth-order valence-corrected chi connectivity index (χ4v) is 4.88. The third-order valence-electron chi connectivity index (χ3n) is 4.20. The number of H-pyrrole nitrogens is 1. The number of nitrogens with zero attached hydrogens (tertiary/aromatic N) is 1. The molecule has 134 valence electrons. The Labute approximate surface area is 140 Å². The highest BCUT2D eigenvalue weighted by Gasteiger charge is 2.37. The van der Waals surface area contributed by atoms with E-state index in [0.717, 1.165) is 0 Å². The molecule has 0 bridgehead atoms. The lowest BCUT2D eigenvalue weighted by Gasteiger charge is -2.29. The predicted octanol–water partition coefficient (Wildman–Crippen LogP) is 1.29. The maximum Gasteiger partial charge on any atom is 0.341 e. The molecule has 0 unspecified atom stereocenters. The lowest BCUT2D eigenvalue weighted by molar-refractivity contribution is -0.142. The predicted molar refractivity (Wildman–Crippen MR) is 85.3 cm³/mol. The summed E-state index contributed by atoms with van der Waals surface area (Å²) in [5.41, 5.74) is 0.829. The van der Waals surface area contributed by atoms with Crippen molar-refractivity contribution < 1.29 is 27.9 Å². The molecule has 9 heteroatoms. The minimum Gasteiger partial charge on any atom is -0.481 e. The molecule has 1 aliphatic rings. The van der Waals surface area contributed by atoms with Crippen molar-refractivity contribution in [3.05, 3.63) is 17.0 Å². The third kappa shape index (κ3) is 3.32. The van der Waals surface area contributed by atoms with E-state index in [1.807, 2.05) is 0 Å². The first-order valence-corrected chi connectivity index (χ1v) is 9.23. The van der Waals surface area contributed by atoms with Gasteiger partial charge in [0.15, 0.2) is 0 Å². The van der Waals surface area contributed by atoms with Crippen molar-refractivity contribution in [2.75, 3.05) is 19.7 Å². The van der Waals surface area contributed by atoms with Gasteiger partial charge < -0.3 is 14.8 Å². The van der Waals surface area contributed by atoms with Gasteiger partial charge in [-0.1, -0.05) is 0 Å². The number of esters is 1. The van der Waals surface area contributed by atoms with Crippen molar-refractivity contribution in [2.24, 2.45) is 5.92 Å². The molecule has 1 aromatic heterocycles. The zero-order chi connectivity index (χ0) is 18.1. The number of carboxylic acid groups (broad SMARTS) is 1. The molecule has 8 nitrogen and oxygen atoms in total. The maximum absolute atomic E-state index is 13.0. The highest BCUT2D eigenvalue weighted by molar-refractivity contribution is 7.89. The number of carbonyl (C=O) groups is 2. The number of carbonyl (C=O) groups excluding carboxylic acids is 1. The van der Waals surface area contributed by atoms with E-state index in [1.54, 1.807) is 20.8 Å². The Hall–Kier alpha value is -1.87. The van der Waals surface area contributed by atoms with Crippen LogP contribution in [0.5, 0.6) is 0 Å². The van der Waals surface area contributed by atoms with Gasteiger partial charge in [0.05, 0.1) is 12.5 Å². The summed E-state index contributed by atoms with van der Waals surface area (Å²) in [5, 5.41) is 9.03. The molecular formula is C15H22N2O6S. The number of ether oxygens (including phenoxy) is 1. The standard InChI is InChI=1S/C15H22N2O6S/c1-4-23-15(20)12-9(2)16-10(3)13(12)24(21,22)17-7-5-11(6-8-17)14(18)19/h11,16H,4-8H2,1-3H3,(H,18,19). The summed E-state index contributed by atoms with van der Waals surface area (Å²) in [7, 11) is -3.91. The van der Waals surface area contributed by atoms with Crippen molar-refractivity contribution in [3.8, 4) is 0 Å². The van der Waals surface area contributed by atoms with Gasteiger partial charge in [-0.15, -0.1) is 0 Å². The summed E-state index contributed by atoms with van der Waals surface area (Å²) >= 11 is 0. The number of rotatable bonds is 5. The molecule has 1 saturated heterocycles. The Morgan fingerprint density at radius 1 is 1.25 bits per heavy atom. The number of nitrogens with one attached hydrogen (secondary N) is 1. The molecule has 0 aromatic carbocycles. The molecule has 0 spiro atoms. The minimum atomic E-state index is -3.91. The fourth-order valence-electron chi connectivity index (χ4n) is 3.00. The molecule has 0 aliphatic carbocycles. The third-order valence-corrected chi connectivity index (χ3v) is 6.27. The molecule has 1 fully saturated rings. The van der Waals surface area contributed by atoms with Crippen LogP contribution in [0.2, 0.25) is 0 Å². The molecule has 0 saturated carbocycles. The van der Waals surface area contributed by atoms with Crippen molar-refractivity contribution in [2.45, 2.75) is 38.5 Å². The van der Waals surface area contributed by atoms with Gasteiger partial charge in [0, 0.05) is 24.5 Å². The molecule has 2 rings (SSSR count). The Bertz CT molecular complexity index is 744. The van der Waals surface area contributed by atoms with E-state index in [-0.39, 0.29) is 43.0 Å². The average molecular weight is 358 g/mol. The number of piperidine rings is 1. The highest BCUT2D eigenvalue weighted by atomic mass is 32.2. The lowest BCUT2D eigenvalue weighted by Crippen LogP contribution is -2.40. The van der Waals surface area contributed by atoms with Crippen LogP contribution in [-0.2, 0) is 19.6 Å². The van der Waals surface area contributed by atoms with Crippen molar-refractivity contribution >= 4 is 22.0 Å². The van der Waals surface area contributed by atoms with Gasteiger partial charge in [0.2, 0.25) is 10.0 Å². The second-order valence-corrected chi connectivity index (χ2v) is 7.69. The Balaban J connectivity index is 2.37. The van der Waals surface area contributed by atoms with Crippen LogP contribution in [0.25, 0.3) is 0 Å². The van der Waals surface area contributed by atoms with Crippen LogP contribution in [0.1, 0.15) is 41.5 Å². The Morgan fingerprint density at radius 2 is 1.83 bits per heavy atom. The first-order valence-electron chi connectivity index (χ1n) is 7.79. The Morgan fingerprint density at radius 3 is 2.33 bits per heavy atom. The molecule has 0 atom stereocenters. The number of sulfonamides is 1. The van der Waals surface area contributed by atoms with E-state index in [2.05, 4.69) is 4.98 Å². The number of aryl methyl sites for hydroxylation is 2. The summed E-state index contributed by atoms with van der Waals surface area (Å²) in [6.07, 6.45) is 0.511. The van der Waals surface area contributed by atoms with Gasteiger partial charge in [-0.2, -0.15) is 4.31 Å². The minimum absolute atomic E-state index is 0.0229. The number of carboxylic acids is 1. The molecule has 1 aromatic rings. The van der Waals surface area contributed by atoms with Gasteiger partial charge in [0.1, 0.15) is 10.5 Å². The number of aliphatic carboxylic acids is 1. The van der Waals surface area contributed by atoms with Crippen LogP contribution in [-0.4, -0.2) is 54.4 Å². The van der Waals surface area contributed by atoms with Crippen LogP contribution in [0.15, 0.2) is 4.90 Å². The van der Waals surface area contributed by atoms with Crippen LogP contribution in [0.3, 0.4) is 0 Å².